The van der Waals surface area contributed by atoms with Crippen molar-refractivity contribution in [1.82, 2.24) is 5.32 Å². The fourth-order valence-electron chi connectivity index (χ4n) is 2.45. The van der Waals surface area contributed by atoms with Crippen LogP contribution < -0.4 is 10.2 Å². The van der Waals surface area contributed by atoms with Crippen LogP contribution in [0, 0.1) is 11.8 Å². The Balaban J connectivity index is 1.76. The Morgan fingerprint density at radius 2 is 1.80 bits per heavy atom. The van der Waals surface area contributed by atoms with E-state index in [1.165, 1.54) is 11.3 Å². The Kier molecular flexibility index (Phi) is 4.01. The lowest BCUT2D eigenvalue weighted by molar-refractivity contribution is 0.701. The van der Waals surface area contributed by atoms with Crippen LogP contribution in [0.4, 0.5) is 5.69 Å². The molecule has 1 aliphatic heterocycles. The number of para-hydroxylation sites is 1. The molecule has 20 heavy (non-hydrogen) atoms. The largest absolute Gasteiger partial charge is 0.359 e. The third-order valence-electron chi connectivity index (χ3n) is 3.48. The predicted molar refractivity (Wildman–Crippen MR) is 83.7 cm³/mol. The summed E-state index contributed by atoms with van der Waals surface area (Å²) in [5.74, 6) is 6.52. The van der Waals surface area contributed by atoms with Gasteiger partial charge in [-0.25, -0.2) is 0 Å². The van der Waals surface area contributed by atoms with Gasteiger partial charge in [-0.2, -0.15) is 0 Å². The van der Waals surface area contributed by atoms with E-state index in [0.717, 1.165) is 31.7 Å². The molecular weight excluding hydrogens is 244 g/mol. The first-order valence-corrected chi connectivity index (χ1v) is 7.01. The van der Waals surface area contributed by atoms with Crippen molar-refractivity contribution < 1.29 is 0 Å². The van der Waals surface area contributed by atoms with E-state index >= 15 is 0 Å². The van der Waals surface area contributed by atoms with Crippen LogP contribution in [-0.2, 0) is 6.54 Å². The minimum atomic E-state index is 0.771. The van der Waals surface area contributed by atoms with Gasteiger partial charge in [-0.15, -0.1) is 0 Å². The van der Waals surface area contributed by atoms with Crippen molar-refractivity contribution in [2.45, 2.75) is 6.54 Å². The van der Waals surface area contributed by atoms with Crippen LogP contribution >= 0.6 is 0 Å². The molecule has 0 bridgehead atoms. The summed E-state index contributed by atoms with van der Waals surface area (Å²) in [5, 5.41) is 3.45. The number of benzene rings is 2. The standard InChI is InChI=1S/C18H18N2/c1-2-7-16(8-3-1)9-6-13-20-14-12-19-15-17-10-4-5-11-18(17)20/h1-5,7-8,10-11,19H,12-15H2. The third kappa shape index (κ3) is 3.01. The monoisotopic (exact) mass is 262 g/mol. The number of nitrogens with one attached hydrogen (secondary N) is 1. The molecule has 0 saturated carbocycles. The normalized spacial score (nSPS) is 13.9. The van der Waals surface area contributed by atoms with Gasteiger partial charge in [0.05, 0.1) is 6.54 Å². The molecule has 0 aliphatic carbocycles. The third-order valence-corrected chi connectivity index (χ3v) is 3.48. The molecule has 1 heterocycles. The molecule has 2 heteroatoms. The van der Waals surface area contributed by atoms with E-state index in [2.05, 4.69) is 46.3 Å². The number of fused-ring (bicyclic) bond motifs is 1. The quantitative estimate of drug-likeness (QED) is 0.795. The van der Waals surface area contributed by atoms with Gasteiger partial charge in [0.2, 0.25) is 0 Å². The molecule has 0 saturated heterocycles. The summed E-state index contributed by atoms with van der Waals surface area (Å²) in [7, 11) is 0. The van der Waals surface area contributed by atoms with Crippen molar-refractivity contribution in [2.75, 3.05) is 24.5 Å². The zero-order valence-electron chi connectivity index (χ0n) is 11.5. The van der Waals surface area contributed by atoms with Gasteiger partial charge < -0.3 is 10.2 Å². The van der Waals surface area contributed by atoms with Crippen LogP contribution in [0.2, 0.25) is 0 Å². The van der Waals surface area contributed by atoms with E-state index in [-0.39, 0.29) is 0 Å². The summed E-state index contributed by atoms with van der Waals surface area (Å²) < 4.78 is 0. The van der Waals surface area contributed by atoms with Crippen molar-refractivity contribution >= 4 is 5.69 Å². The molecular formula is C18H18N2. The summed E-state index contributed by atoms with van der Waals surface area (Å²) in [4.78, 5) is 2.35. The van der Waals surface area contributed by atoms with Gasteiger partial charge in [0.15, 0.2) is 0 Å². The average Bonchev–Trinajstić information content (AvgIpc) is 2.71. The number of anilines is 1. The number of hydrogen-bond donors (Lipinski definition) is 1. The first-order chi connectivity index (χ1) is 9.93. The highest BCUT2D eigenvalue weighted by molar-refractivity contribution is 5.55. The molecule has 0 amide bonds. The van der Waals surface area contributed by atoms with Gasteiger partial charge in [0, 0.05) is 30.9 Å². The molecule has 1 aliphatic rings. The Morgan fingerprint density at radius 1 is 1.00 bits per heavy atom. The summed E-state index contributed by atoms with van der Waals surface area (Å²) in [5.41, 5.74) is 3.74. The van der Waals surface area contributed by atoms with E-state index in [1.807, 2.05) is 30.3 Å². The van der Waals surface area contributed by atoms with Crippen molar-refractivity contribution in [1.29, 1.82) is 0 Å². The first-order valence-electron chi connectivity index (χ1n) is 7.01. The minimum Gasteiger partial charge on any atom is -0.359 e. The fourth-order valence-corrected chi connectivity index (χ4v) is 2.45. The lowest BCUT2D eigenvalue weighted by Gasteiger charge is -2.21. The van der Waals surface area contributed by atoms with E-state index in [1.54, 1.807) is 0 Å². The topological polar surface area (TPSA) is 15.3 Å². The summed E-state index contributed by atoms with van der Waals surface area (Å²) >= 11 is 0. The second-order valence-corrected chi connectivity index (χ2v) is 4.89. The summed E-state index contributed by atoms with van der Waals surface area (Å²) in [6.45, 7) is 3.72. The summed E-state index contributed by atoms with van der Waals surface area (Å²) in [6, 6.07) is 18.7. The van der Waals surface area contributed by atoms with Gasteiger partial charge in [-0.3, -0.25) is 0 Å². The smallest absolute Gasteiger partial charge is 0.0798 e. The van der Waals surface area contributed by atoms with Gasteiger partial charge in [0.1, 0.15) is 0 Å². The first kappa shape index (κ1) is 12.8. The van der Waals surface area contributed by atoms with Gasteiger partial charge in [-0.05, 0) is 23.8 Å². The Labute approximate surface area is 120 Å². The molecule has 2 aromatic carbocycles. The highest BCUT2D eigenvalue weighted by Crippen LogP contribution is 2.21. The second-order valence-electron chi connectivity index (χ2n) is 4.89. The van der Waals surface area contributed by atoms with Crippen LogP contribution in [-0.4, -0.2) is 19.6 Å². The maximum absolute atomic E-state index is 3.45. The molecule has 0 atom stereocenters. The maximum atomic E-state index is 3.45. The Bertz CT molecular complexity index is 623. The van der Waals surface area contributed by atoms with Crippen LogP contribution in [0.1, 0.15) is 11.1 Å². The van der Waals surface area contributed by atoms with Crippen molar-refractivity contribution in [3.63, 3.8) is 0 Å². The Hall–Kier alpha value is -2.24. The zero-order chi connectivity index (χ0) is 13.6. The van der Waals surface area contributed by atoms with Crippen molar-refractivity contribution in [3.05, 3.63) is 65.7 Å². The van der Waals surface area contributed by atoms with Crippen molar-refractivity contribution in [2.24, 2.45) is 0 Å². The average molecular weight is 262 g/mol. The molecule has 1 N–H and O–H groups in total. The van der Waals surface area contributed by atoms with Gasteiger partial charge >= 0.3 is 0 Å². The number of nitrogens with zero attached hydrogens (tertiary/aromatic N) is 1. The van der Waals surface area contributed by atoms with E-state index < -0.39 is 0 Å². The number of rotatable bonds is 1. The van der Waals surface area contributed by atoms with E-state index in [0.29, 0.717) is 0 Å². The summed E-state index contributed by atoms with van der Waals surface area (Å²) in [6.07, 6.45) is 0. The fraction of sp³-hybridized carbons (Fsp3) is 0.222. The molecule has 3 rings (SSSR count). The highest BCUT2D eigenvalue weighted by Gasteiger charge is 2.12. The number of hydrogen-bond acceptors (Lipinski definition) is 2. The minimum absolute atomic E-state index is 0.771. The lowest BCUT2D eigenvalue weighted by Crippen LogP contribution is -2.29. The Morgan fingerprint density at radius 3 is 2.70 bits per heavy atom. The molecule has 0 spiro atoms. The highest BCUT2D eigenvalue weighted by atomic mass is 15.2. The predicted octanol–water partition coefficient (Wildman–Crippen LogP) is 2.65. The molecule has 2 nitrogen and oxygen atoms in total. The molecule has 0 radical (unpaired) electrons. The second kappa shape index (κ2) is 6.27. The van der Waals surface area contributed by atoms with Crippen LogP contribution in [0.15, 0.2) is 54.6 Å². The maximum Gasteiger partial charge on any atom is 0.0798 e. The van der Waals surface area contributed by atoms with Gasteiger partial charge in [0.25, 0.3) is 0 Å². The zero-order valence-corrected chi connectivity index (χ0v) is 11.5. The molecule has 0 aromatic heterocycles. The SMILES string of the molecule is C(#Cc1ccccc1)CN1CCNCc2ccccc21. The van der Waals surface area contributed by atoms with Crippen molar-refractivity contribution in [3.8, 4) is 11.8 Å². The van der Waals surface area contributed by atoms with Crippen LogP contribution in [0.25, 0.3) is 0 Å². The van der Waals surface area contributed by atoms with E-state index in [4.69, 9.17) is 0 Å². The molecule has 100 valence electrons. The molecule has 2 aromatic rings. The van der Waals surface area contributed by atoms with E-state index in [9.17, 15) is 0 Å². The van der Waals surface area contributed by atoms with Crippen LogP contribution in [0.5, 0.6) is 0 Å². The van der Waals surface area contributed by atoms with Crippen LogP contribution in [0.3, 0.4) is 0 Å². The lowest BCUT2D eigenvalue weighted by atomic mass is 10.1. The molecule has 0 fully saturated rings. The molecule has 0 unspecified atom stereocenters. The van der Waals surface area contributed by atoms with Gasteiger partial charge in [-0.1, -0.05) is 48.2 Å².